The second kappa shape index (κ2) is 26.8. The van der Waals surface area contributed by atoms with E-state index in [4.69, 9.17) is 21.9 Å². The van der Waals surface area contributed by atoms with E-state index in [1.807, 2.05) is 26.8 Å². The van der Waals surface area contributed by atoms with Crippen molar-refractivity contribution < 1.29 is 88.7 Å². The van der Waals surface area contributed by atoms with Crippen LogP contribution in [0, 0.1) is 23.2 Å². The topological polar surface area (TPSA) is 403 Å². The quantitative estimate of drug-likeness (QED) is 0.0478. The minimum absolute atomic E-state index is 0. The molecule has 0 aromatic heterocycles. The van der Waals surface area contributed by atoms with Crippen LogP contribution in [0.4, 0.5) is 0 Å². The molecule has 3 aliphatic rings. The van der Waals surface area contributed by atoms with Crippen LogP contribution in [0.1, 0.15) is 186 Å². The smallest absolute Gasteiger partial charge is 0.217 e. The molecule has 8 aromatic rings. The van der Waals surface area contributed by atoms with Crippen LogP contribution in [0.5, 0.6) is 51.7 Å². The molecule has 0 radical (unpaired) electrons. The third-order valence-electron chi connectivity index (χ3n) is 16.0. The van der Waals surface area contributed by atoms with Crippen molar-refractivity contribution >= 4 is 63.2 Å². The number of nitrogens with two attached hydrogens (primary N) is 3. The maximum Gasteiger partial charge on any atom is 0.217 e. The standard InChI is InChI=1S/C21H21NO6.C20H19NO6.C20H19NO4.C11H10O2.CH4/c1-21(2,9-14(22)24)8-10-7-12(23)16-17(18(10)25)19(26)11-5-4-6-13(28-3)15(11)20(16)27;1-20(2,8-13(21)24)7-9-6-12(23)15-16(17(9)25)18(26)10-4-3-5-11(22)14(10)19(15)27;1-20(2,10-16(21)23)9-11-6-7-12-14(8-11)18(24)13-4-3-5-15(22)17(13)19(12)25;1-7-4-8-2-3-9(12)6-10(8)11(13)5-7;/h4-7,23,25H,8-9H2,1-3H3,(H2,22,24);3-6,22-23,25H,7-8H2,1-2H3,(H2,21,24);3-8,22H,9-10H2,1-2H3,(H2,21,23);2-6,12-13H,1H3;1H4. The largest absolute Gasteiger partial charge is 0.508 e. The minimum Gasteiger partial charge on any atom is -0.508 e. The van der Waals surface area contributed by atoms with Crippen LogP contribution in [-0.2, 0) is 33.6 Å². The summed E-state index contributed by atoms with van der Waals surface area (Å²) in [5.74, 6) is -6.26. The van der Waals surface area contributed by atoms with Crippen LogP contribution < -0.4 is 21.9 Å². The summed E-state index contributed by atoms with van der Waals surface area (Å²) in [5.41, 5.74) is 16.2. The third-order valence-corrected chi connectivity index (χ3v) is 16.0. The Morgan fingerprint density at radius 1 is 0.404 bits per heavy atom. The predicted molar refractivity (Wildman–Crippen MR) is 348 cm³/mol. The number of amides is 3. The second-order valence-corrected chi connectivity index (χ2v) is 25.6. The lowest BCUT2D eigenvalue weighted by atomic mass is 9.78. The molecule has 0 spiro atoms. The molecule has 0 atom stereocenters. The van der Waals surface area contributed by atoms with E-state index in [2.05, 4.69) is 0 Å². The van der Waals surface area contributed by atoms with Gasteiger partial charge in [0.05, 0.1) is 46.1 Å². The van der Waals surface area contributed by atoms with E-state index in [0.29, 0.717) is 17.4 Å². The van der Waals surface area contributed by atoms with E-state index < -0.39 is 63.0 Å². The fourth-order valence-electron chi connectivity index (χ4n) is 12.2. The molecule has 11 rings (SSSR count). The molecule has 14 N–H and O–H groups in total. The van der Waals surface area contributed by atoms with Gasteiger partial charge in [-0.25, -0.2) is 0 Å². The zero-order valence-electron chi connectivity index (χ0n) is 52.1. The normalized spacial score (nSPS) is 12.7. The molecule has 8 aromatic carbocycles. The van der Waals surface area contributed by atoms with Gasteiger partial charge < -0.3 is 62.8 Å². The maximum atomic E-state index is 13.0. The zero-order chi connectivity index (χ0) is 68.7. The Morgan fingerprint density at radius 3 is 1.31 bits per heavy atom. The average Bonchev–Trinajstić information content (AvgIpc) is 0.747. The summed E-state index contributed by atoms with van der Waals surface area (Å²) >= 11 is 0. The van der Waals surface area contributed by atoms with Gasteiger partial charge in [-0.2, -0.15) is 0 Å². The molecule has 21 heteroatoms. The Labute approximate surface area is 540 Å². The molecule has 3 aliphatic carbocycles. The number of carbonyl (C=O) groups is 9. The summed E-state index contributed by atoms with van der Waals surface area (Å²) in [5, 5.41) is 82.6. The molecular weight excluding hydrogens is 1210 g/mol. The third kappa shape index (κ3) is 14.4. The van der Waals surface area contributed by atoms with Gasteiger partial charge in [0.25, 0.3) is 0 Å². The molecule has 0 heterocycles. The number of ketones is 6. The van der Waals surface area contributed by atoms with Crippen LogP contribution in [0.15, 0.2) is 115 Å². The van der Waals surface area contributed by atoms with Gasteiger partial charge in [0.1, 0.15) is 51.7 Å². The summed E-state index contributed by atoms with van der Waals surface area (Å²) < 4.78 is 5.18. The number of rotatable bonds is 13. The number of phenolic OH excluding ortho intramolecular Hbond substituents is 8. The number of benzene rings is 8. The van der Waals surface area contributed by atoms with E-state index in [1.54, 1.807) is 94.4 Å². The van der Waals surface area contributed by atoms with Crippen molar-refractivity contribution in [3.8, 4) is 51.7 Å². The van der Waals surface area contributed by atoms with Crippen LogP contribution in [-0.4, -0.2) is 100 Å². The van der Waals surface area contributed by atoms with E-state index in [-0.39, 0.29) is 169 Å². The Kier molecular flexibility index (Phi) is 20.0. The molecule has 0 saturated carbocycles. The number of fused-ring (bicyclic) bond motifs is 7. The van der Waals surface area contributed by atoms with Gasteiger partial charge in [-0.15, -0.1) is 0 Å². The molecule has 0 unspecified atom stereocenters. The van der Waals surface area contributed by atoms with Crippen molar-refractivity contribution in [3.63, 3.8) is 0 Å². The molecule has 0 aliphatic heterocycles. The maximum absolute atomic E-state index is 13.0. The van der Waals surface area contributed by atoms with Crippen LogP contribution in [0.3, 0.4) is 0 Å². The van der Waals surface area contributed by atoms with Crippen molar-refractivity contribution in [3.05, 3.63) is 204 Å². The van der Waals surface area contributed by atoms with E-state index >= 15 is 0 Å². The number of aryl methyl sites for hydroxylation is 1. The number of aromatic hydroxyl groups is 8. The van der Waals surface area contributed by atoms with Gasteiger partial charge in [-0.05, 0) is 125 Å². The lowest BCUT2D eigenvalue weighted by Gasteiger charge is -2.26. The summed E-state index contributed by atoms with van der Waals surface area (Å²) in [4.78, 5) is 111. The highest BCUT2D eigenvalue weighted by Crippen LogP contribution is 2.46. The molecule has 0 saturated heterocycles. The van der Waals surface area contributed by atoms with Gasteiger partial charge in [-0.3, -0.25) is 43.2 Å². The first-order valence-electron chi connectivity index (χ1n) is 29.1. The number of primary amides is 3. The zero-order valence-corrected chi connectivity index (χ0v) is 52.1. The summed E-state index contributed by atoms with van der Waals surface area (Å²) in [7, 11) is 1.38. The average molecular weight is 1280 g/mol. The van der Waals surface area contributed by atoms with Gasteiger partial charge in [0.15, 0.2) is 23.1 Å². The summed E-state index contributed by atoms with van der Waals surface area (Å²) in [6.45, 7) is 12.9. The van der Waals surface area contributed by atoms with Crippen molar-refractivity contribution in [2.45, 2.75) is 94.4 Å². The minimum atomic E-state index is -0.742. The van der Waals surface area contributed by atoms with Crippen LogP contribution in [0.2, 0.25) is 0 Å². The lowest BCUT2D eigenvalue weighted by Crippen LogP contribution is -2.26. The fourth-order valence-corrected chi connectivity index (χ4v) is 12.2. The van der Waals surface area contributed by atoms with Gasteiger partial charge in [-0.1, -0.05) is 110 Å². The monoisotopic (exact) mass is 1280 g/mol. The lowest BCUT2D eigenvalue weighted by molar-refractivity contribution is -0.120. The number of ether oxygens (including phenoxy) is 1. The first-order chi connectivity index (χ1) is 43.5. The number of methoxy groups -OCH3 is 1. The van der Waals surface area contributed by atoms with Crippen LogP contribution in [0.25, 0.3) is 10.8 Å². The molecular formula is C73H73N3O18. The first-order valence-corrected chi connectivity index (χ1v) is 29.1. The highest BCUT2D eigenvalue weighted by atomic mass is 16.5. The molecule has 488 valence electrons. The fraction of sp³-hybridized carbons (Fsp3) is 0.247. The number of carbonyl (C=O) groups excluding carboxylic acids is 9. The molecule has 0 fully saturated rings. The number of phenols is 8. The van der Waals surface area contributed by atoms with Crippen molar-refractivity contribution in [2.24, 2.45) is 33.4 Å². The first kappa shape index (κ1) is 70.1. The Bertz CT molecular complexity index is 4520. The molecule has 0 bridgehead atoms. The Hall–Kier alpha value is -11.4. The van der Waals surface area contributed by atoms with Gasteiger partial charge in [0, 0.05) is 52.5 Å². The van der Waals surface area contributed by atoms with E-state index in [0.717, 1.165) is 16.5 Å². The second-order valence-electron chi connectivity index (χ2n) is 25.6. The molecule has 3 amide bonds. The predicted octanol–water partition coefficient (Wildman–Crippen LogP) is 10.2. The van der Waals surface area contributed by atoms with Crippen LogP contribution >= 0.6 is 0 Å². The Balaban J connectivity index is 0.000000181. The van der Waals surface area contributed by atoms with Gasteiger partial charge in [0.2, 0.25) is 29.3 Å². The highest BCUT2D eigenvalue weighted by molar-refractivity contribution is 6.33. The van der Waals surface area contributed by atoms with Crippen molar-refractivity contribution in [2.75, 3.05) is 7.11 Å². The summed E-state index contributed by atoms with van der Waals surface area (Å²) in [6.07, 6.45) is 1.20. The number of hydrogen-bond donors (Lipinski definition) is 11. The molecule has 94 heavy (non-hydrogen) atoms. The highest BCUT2D eigenvalue weighted by Gasteiger charge is 2.41. The number of hydrogen-bond acceptors (Lipinski definition) is 18. The Morgan fingerprint density at radius 2 is 0.830 bits per heavy atom. The van der Waals surface area contributed by atoms with Crippen molar-refractivity contribution in [1.29, 1.82) is 0 Å². The summed E-state index contributed by atoms with van der Waals surface area (Å²) in [6, 6.07) is 29.3. The van der Waals surface area contributed by atoms with Gasteiger partial charge >= 0.3 is 0 Å². The molecule has 21 nitrogen and oxygen atoms in total. The van der Waals surface area contributed by atoms with Crippen molar-refractivity contribution in [1.82, 2.24) is 0 Å². The van der Waals surface area contributed by atoms with E-state index in [9.17, 15) is 84.0 Å². The SMILES string of the molecule is C.CC(C)(CC(N)=O)Cc1cc(O)c2c(c1O)C(=O)c1cccc(O)c1C2=O.CC(C)(CC(N)=O)Cc1ccc2c(c1)C(=O)c1cccc(O)c1C2=O.COc1cccc2c1C(=O)c1c(O)cc(CC(C)(C)CC(N)=O)c(O)c1C2=O.Cc1cc(O)c2cc(O)ccc2c1. The van der Waals surface area contributed by atoms with E-state index in [1.165, 1.54) is 49.6 Å².